The van der Waals surface area contributed by atoms with Crippen molar-refractivity contribution in [2.24, 2.45) is 7.05 Å². The number of para-hydroxylation sites is 2. The molecule has 0 saturated heterocycles. The number of hydrogen-bond donors (Lipinski definition) is 0. The Morgan fingerprint density at radius 3 is 2.70 bits per heavy atom. The highest BCUT2D eigenvalue weighted by Gasteiger charge is 2.08. The number of hydrogen-bond acceptors (Lipinski definition) is 4. The first kappa shape index (κ1) is 13.5. The minimum Gasteiger partial charge on any atom is -0.437 e. The molecule has 1 aromatic carbocycles. The zero-order valence-electron chi connectivity index (χ0n) is 12.5. The molecule has 0 atom stereocenters. The minimum atomic E-state index is 0.579. The topological polar surface area (TPSA) is 56.7 Å². The first-order valence-electron chi connectivity index (χ1n) is 7.27. The SMILES string of the molecule is Cn1cc(/C=C/c2nc3ccccc3o2)c(-c2ccncc2)n1. The lowest BCUT2D eigenvalue weighted by Crippen LogP contribution is -1.87. The van der Waals surface area contributed by atoms with Crippen molar-refractivity contribution in [3.63, 3.8) is 0 Å². The van der Waals surface area contributed by atoms with Crippen molar-refractivity contribution in [2.75, 3.05) is 0 Å². The Bertz CT molecular complexity index is 950. The van der Waals surface area contributed by atoms with Gasteiger partial charge in [-0.25, -0.2) is 4.98 Å². The minimum absolute atomic E-state index is 0.579. The molecule has 3 aromatic heterocycles. The van der Waals surface area contributed by atoms with Crippen LogP contribution in [0, 0.1) is 0 Å². The van der Waals surface area contributed by atoms with Gasteiger partial charge in [0.1, 0.15) is 5.52 Å². The Hall–Kier alpha value is -3.21. The molecule has 0 fully saturated rings. The first-order chi connectivity index (χ1) is 11.3. The molecule has 0 saturated carbocycles. The molecule has 112 valence electrons. The average molecular weight is 302 g/mol. The lowest BCUT2D eigenvalue weighted by atomic mass is 10.1. The summed E-state index contributed by atoms with van der Waals surface area (Å²) in [6, 6.07) is 11.6. The van der Waals surface area contributed by atoms with Gasteiger partial charge in [0.25, 0.3) is 0 Å². The number of oxazole rings is 1. The number of nitrogens with zero attached hydrogens (tertiary/aromatic N) is 4. The Kier molecular flexibility index (Phi) is 3.24. The van der Waals surface area contributed by atoms with Crippen LogP contribution in [0.5, 0.6) is 0 Å². The molecule has 5 heteroatoms. The van der Waals surface area contributed by atoms with Gasteiger partial charge in [0, 0.05) is 42.8 Å². The molecule has 4 rings (SSSR count). The third-order valence-corrected chi connectivity index (χ3v) is 3.53. The number of pyridine rings is 1. The molecule has 0 unspecified atom stereocenters. The van der Waals surface area contributed by atoms with Crippen LogP contribution in [-0.4, -0.2) is 19.7 Å². The second kappa shape index (κ2) is 5.53. The monoisotopic (exact) mass is 302 g/mol. The summed E-state index contributed by atoms with van der Waals surface area (Å²) in [6.07, 6.45) is 9.32. The van der Waals surface area contributed by atoms with Crippen molar-refractivity contribution in [1.82, 2.24) is 19.7 Å². The maximum Gasteiger partial charge on any atom is 0.220 e. The van der Waals surface area contributed by atoms with Gasteiger partial charge in [-0.05, 0) is 30.3 Å². The maximum absolute atomic E-state index is 5.71. The summed E-state index contributed by atoms with van der Waals surface area (Å²) in [4.78, 5) is 8.49. The van der Waals surface area contributed by atoms with Gasteiger partial charge in [-0.1, -0.05) is 12.1 Å². The van der Waals surface area contributed by atoms with Gasteiger partial charge in [0.05, 0.1) is 5.69 Å². The van der Waals surface area contributed by atoms with Gasteiger partial charge < -0.3 is 4.42 Å². The lowest BCUT2D eigenvalue weighted by molar-refractivity contribution is 0.590. The van der Waals surface area contributed by atoms with Gasteiger partial charge >= 0.3 is 0 Å². The van der Waals surface area contributed by atoms with E-state index in [2.05, 4.69) is 15.1 Å². The predicted octanol–water partition coefficient (Wildman–Crippen LogP) is 3.79. The summed E-state index contributed by atoms with van der Waals surface area (Å²) >= 11 is 0. The van der Waals surface area contributed by atoms with E-state index in [0.29, 0.717) is 5.89 Å². The van der Waals surface area contributed by atoms with Crippen LogP contribution < -0.4 is 0 Å². The number of rotatable bonds is 3. The van der Waals surface area contributed by atoms with Crippen LogP contribution in [0.3, 0.4) is 0 Å². The molecule has 0 aliphatic carbocycles. The Morgan fingerprint density at radius 2 is 1.87 bits per heavy atom. The van der Waals surface area contributed by atoms with E-state index in [4.69, 9.17) is 4.42 Å². The van der Waals surface area contributed by atoms with E-state index in [1.807, 2.05) is 61.8 Å². The molecule has 23 heavy (non-hydrogen) atoms. The van der Waals surface area contributed by atoms with Crippen LogP contribution in [0.15, 0.2) is 59.4 Å². The van der Waals surface area contributed by atoms with E-state index in [0.717, 1.165) is 27.9 Å². The van der Waals surface area contributed by atoms with Crippen LogP contribution >= 0.6 is 0 Å². The van der Waals surface area contributed by atoms with Crippen molar-refractivity contribution in [3.8, 4) is 11.3 Å². The Morgan fingerprint density at radius 1 is 1.04 bits per heavy atom. The highest BCUT2D eigenvalue weighted by atomic mass is 16.3. The zero-order valence-corrected chi connectivity index (χ0v) is 12.5. The second-order valence-corrected chi connectivity index (χ2v) is 5.20. The van der Waals surface area contributed by atoms with Gasteiger partial charge in [0.15, 0.2) is 5.58 Å². The third kappa shape index (κ3) is 2.64. The van der Waals surface area contributed by atoms with Crippen molar-refractivity contribution in [2.45, 2.75) is 0 Å². The van der Waals surface area contributed by atoms with E-state index in [1.165, 1.54) is 0 Å². The standard InChI is InChI=1S/C18H14N4O/c1-22-12-14(18(21-22)13-8-10-19-11-9-13)6-7-17-20-15-4-2-3-5-16(15)23-17/h2-12H,1H3/b7-6+. The van der Waals surface area contributed by atoms with E-state index in [-0.39, 0.29) is 0 Å². The summed E-state index contributed by atoms with van der Waals surface area (Å²) in [5, 5.41) is 4.52. The Balaban J connectivity index is 1.71. The molecule has 0 aliphatic heterocycles. The number of aromatic nitrogens is 4. The van der Waals surface area contributed by atoms with Crippen LogP contribution in [0.25, 0.3) is 34.5 Å². The summed E-state index contributed by atoms with van der Waals surface area (Å²) < 4.78 is 7.50. The number of benzene rings is 1. The summed E-state index contributed by atoms with van der Waals surface area (Å²) in [5.74, 6) is 0.579. The molecular weight excluding hydrogens is 288 g/mol. The smallest absolute Gasteiger partial charge is 0.220 e. The average Bonchev–Trinajstić information content (AvgIpc) is 3.16. The molecule has 0 amide bonds. The van der Waals surface area contributed by atoms with Crippen molar-refractivity contribution in [1.29, 1.82) is 0 Å². The summed E-state index contributed by atoms with van der Waals surface area (Å²) in [7, 11) is 1.90. The molecule has 0 spiro atoms. The number of fused-ring (bicyclic) bond motifs is 1. The van der Waals surface area contributed by atoms with Crippen LogP contribution in [-0.2, 0) is 7.05 Å². The predicted molar refractivity (Wildman–Crippen MR) is 89.4 cm³/mol. The molecule has 0 aliphatic rings. The van der Waals surface area contributed by atoms with Crippen molar-refractivity contribution in [3.05, 3.63) is 66.4 Å². The lowest BCUT2D eigenvalue weighted by Gasteiger charge is -1.97. The summed E-state index contributed by atoms with van der Waals surface area (Å²) in [5.41, 5.74) is 4.57. The quantitative estimate of drug-likeness (QED) is 0.577. The molecular formula is C18H14N4O. The Labute approximate surface area is 132 Å². The molecule has 0 N–H and O–H groups in total. The fourth-order valence-electron chi connectivity index (χ4n) is 2.49. The fourth-order valence-corrected chi connectivity index (χ4v) is 2.49. The highest BCUT2D eigenvalue weighted by Crippen LogP contribution is 2.23. The molecule has 0 bridgehead atoms. The van der Waals surface area contributed by atoms with Crippen molar-refractivity contribution < 1.29 is 4.42 Å². The molecule has 0 radical (unpaired) electrons. The van der Waals surface area contributed by atoms with E-state index in [1.54, 1.807) is 17.1 Å². The first-order valence-corrected chi connectivity index (χ1v) is 7.27. The molecule has 3 heterocycles. The van der Waals surface area contributed by atoms with Gasteiger partial charge in [0.2, 0.25) is 5.89 Å². The van der Waals surface area contributed by atoms with E-state index in [9.17, 15) is 0 Å². The fraction of sp³-hybridized carbons (Fsp3) is 0.0556. The van der Waals surface area contributed by atoms with Crippen LogP contribution in [0.4, 0.5) is 0 Å². The van der Waals surface area contributed by atoms with Crippen LogP contribution in [0.2, 0.25) is 0 Å². The number of aryl methyl sites for hydroxylation is 1. The second-order valence-electron chi connectivity index (χ2n) is 5.20. The van der Waals surface area contributed by atoms with Gasteiger partial charge in [-0.3, -0.25) is 9.67 Å². The molecule has 4 aromatic rings. The summed E-state index contributed by atoms with van der Waals surface area (Å²) in [6.45, 7) is 0. The van der Waals surface area contributed by atoms with Gasteiger partial charge in [-0.2, -0.15) is 5.10 Å². The maximum atomic E-state index is 5.71. The van der Waals surface area contributed by atoms with Crippen LogP contribution in [0.1, 0.15) is 11.5 Å². The highest BCUT2D eigenvalue weighted by molar-refractivity contribution is 5.79. The van der Waals surface area contributed by atoms with Gasteiger partial charge in [-0.15, -0.1) is 0 Å². The largest absolute Gasteiger partial charge is 0.437 e. The zero-order chi connectivity index (χ0) is 15.6. The van der Waals surface area contributed by atoms with E-state index >= 15 is 0 Å². The molecule has 5 nitrogen and oxygen atoms in total. The van der Waals surface area contributed by atoms with Crippen molar-refractivity contribution >= 4 is 23.3 Å². The third-order valence-electron chi connectivity index (χ3n) is 3.53. The van der Waals surface area contributed by atoms with E-state index < -0.39 is 0 Å². The normalized spacial score (nSPS) is 11.5.